The van der Waals surface area contributed by atoms with Crippen LogP contribution in [0.1, 0.15) is 29.3 Å². The van der Waals surface area contributed by atoms with E-state index >= 15 is 0 Å². The van der Waals surface area contributed by atoms with Gasteiger partial charge in [0.05, 0.1) is 11.4 Å². The van der Waals surface area contributed by atoms with Gasteiger partial charge in [0.15, 0.2) is 0 Å². The van der Waals surface area contributed by atoms with Gasteiger partial charge >= 0.3 is 0 Å². The smallest absolute Gasteiger partial charge is 0.0630 e. The molecule has 3 nitrogen and oxygen atoms in total. The van der Waals surface area contributed by atoms with Crippen LogP contribution in [0.2, 0.25) is 0 Å². The van der Waals surface area contributed by atoms with Crippen LogP contribution in [0.15, 0.2) is 36.5 Å². The molecule has 0 radical (unpaired) electrons. The standard InChI is InChI=1S/C17H21N3/c1-4-14-6-5-7-17(20(3)18)16(14)11-10-15-9-8-13(2)12-19-15/h5-12H,4,18H2,1-3H3/b11-10+. The summed E-state index contributed by atoms with van der Waals surface area (Å²) >= 11 is 0. The largest absolute Gasteiger partial charge is 0.314 e. The van der Waals surface area contributed by atoms with E-state index in [4.69, 9.17) is 5.84 Å². The molecule has 0 unspecified atom stereocenters. The van der Waals surface area contributed by atoms with Gasteiger partial charge in [-0.05, 0) is 42.7 Å². The Bertz CT molecular complexity index is 598. The van der Waals surface area contributed by atoms with Crippen LogP contribution in [0, 0.1) is 6.92 Å². The van der Waals surface area contributed by atoms with Gasteiger partial charge in [-0.25, -0.2) is 5.84 Å². The second-order valence-electron chi connectivity index (χ2n) is 4.91. The van der Waals surface area contributed by atoms with Crippen molar-refractivity contribution in [3.05, 3.63) is 58.9 Å². The fourth-order valence-electron chi connectivity index (χ4n) is 2.15. The minimum absolute atomic E-state index is 0.951. The van der Waals surface area contributed by atoms with Gasteiger partial charge in [-0.1, -0.05) is 31.2 Å². The number of nitrogens with zero attached hydrogens (tertiary/aromatic N) is 2. The molecule has 0 spiro atoms. The van der Waals surface area contributed by atoms with E-state index in [9.17, 15) is 0 Å². The van der Waals surface area contributed by atoms with E-state index in [0.717, 1.165) is 23.4 Å². The summed E-state index contributed by atoms with van der Waals surface area (Å²) in [5.41, 5.74) is 5.57. The third-order valence-corrected chi connectivity index (χ3v) is 3.29. The molecule has 1 aromatic carbocycles. The lowest BCUT2D eigenvalue weighted by molar-refractivity contribution is 1.01. The Kier molecular flexibility index (Phi) is 4.53. The Hall–Kier alpha value is -2.13. The van der Waals surface area contributed by atoms with Gasteiger partial charge < -0.3 is 5.01 Å². The molecular weight excluding hydrogens is 246 g/mol. The quantitative estimate of drug-likeness (QED) is 0.681. The van der Waals surface area contributed by atoms with Crippen LogP contribution in [0.25, 0.3) is 12.2 Å². The van der Waals surface area contributed by atoms with Crippen LogP contribution in [0.4, 0.5) is 5.69 Å². The van der Waals surface area contributed by atoms with Crippen molar-refractivity contribution >= 4 is 17.8 Å². The van der Waals surface area contributed by atoms with Crippen LogP contribution in [0.3, 0.4) is 0 Å². The SMILES string of the molecule is CCc1cccc(N(C)N)c1/C=C/c1ccc(C)cn1. The van der Waals surface area contributed by atoms with Crippen LogP contribution in [-0.2, 0) is 6.42 Å². The summed E-state index contributed by atoms with van der Waals surface area (Å²) in [6, 6.07) is 10.3. The van der Waals surface area contributed by atoms with Crippen molar-refractivity contribution in [3.63, 3.8) is 0 Å². The molecule has 0 fully saturated rings. The summed E-state index contributed by atoms with van der Waals surface area (Å²) in [5.74, 6) is 5.91. The highest BCUT2D eigenvalue weighted by atomic mass is 15.4. The van der Waals surface area contributed by atoms with Crippen LogP contribution >= 0.6 is 0 Å². The highest BCUT2D eigenvalue weighted by Gasteiger charge is 2.06. The number of pyridine rings is 1. The van der Waals surface area contributed by atoms with Crippen LogP contribution in [0.5, 0.6) is 0 Å². The van der Waals surface area contributed by atoms with E-state index in [1.807, 2.05) is 44.4 Å². The predicted octanol–water partition coefficient (Wildman–Crippen LogP) is 3.43. The minimum Gasteiger partial charge on any atom is -0.314 e. The maximum Gasteiger partial charge on any atom is 0.0630 e. The first-order valence-electron chi connectivity index (χ1n) is 6.83. The zero-order valence-corrected chi connectivity index (χ0v) is 12.3. The summed E-state index contributed by atoms with van der Waals surface area (Å²) in [5, 5.41) is 1.65. The number of aryl methyl sites for hydroxylation is 2. The molecule has 2 N–H and O–H groups in total. The Morgan fingerprint density at radius 3 is 2.60 bits per heavy atom. The molecule has 0 atom stereocenters. The second kappa shape index (κ2) is 6.35. The summed E-state index contributed by atoms with van der Waals surface area (Å²) < 4.78 is 0. The van der Waals surface area contributed by atoms with Crippen LogP contribution in [-0.4, -0.2) is 12.0 Å². The number of aromatic nitrogens is 1. The number of hydrazine groups is 1. The molecule has 3 heteroatoms. The third-order valence-electron chi connectivity index (χ3n) is 3.29. The molecule has 1 aromatic heterocycles. The first-order chi connectivity index (χ1) is 9.61. The summed E-state index contributed by atoms with van der Waals surface area (Å²) in [7, 11) is 1.86. The Labute approximate surface area is 120 Å². The number of rotatable bonds is 4. The van der Waals surface area contributed by atoms with Gasteiger partial charge in [0, 0.05) is 18.8 Å². The molecule has 0 aliphatic rings. The molecule has 0 aliphatic heterocycles. The highest BCUT2D eigenvalue weighted by molar-refractivity contribution is 5.78. The minimum atomic E-state index is 0.951. The first-order valence-corrected chi connectivity index (χ1v) is 6.83. The second-order valence-corrected chi connectivity index (χ2v) is 4.91. The fraction of sp³-hybridized carbons (Fsp3) is 0.235. The number of hydrogen-bond donors (Lipinski definition) is 1. The number of anilines is 1. The molecule has 0 amide bonds. The Morgan fingerprint density at radius 2 is 2.00 bits per heavy atom. The van der Waals surface area contributed by atoms with Gasteiger partial charge in [0.2, 0.25) is 0 Å². The van der Waals surface area contributed by atoms with Gasteiger partial charge in [-0.3, -0.25) is 4.98 Å². The molecule has 0 bridgehead atoms. The normalized spacial score (nSPS) is 11.0. The van der Waals surface area contributed by atoms with E-state index in [1.54, 1.807) is 5.01 Å². The topological polar surface area (TPSA) is 42.1 Å². The zero-order chi connectivity index (χ0) is 14.5. The number of hydrogen-bond acceptors (Lipinski definition) is 3. The van der Waals surface area contributed by atoms with E-state index in [1.165, 1.54) is 11.1 Å². The van der Waals surface area contributed by atoms with Crippen molar-refractivity contribution in [3.8, 4) is 0 Å². The molecule has 0 aliphatic carbocycles. The first kappa shape index (κ1) is 14.3. The Morgan fingerprint density at radius 1 is 1.20 bits per heavy atom. The van der Waals surface area contributed by atoms with E-state index in [2.05, 4.69) is 30.1 Å². The van der Waals surface area contributed by atoms with Gasteiger partial charge in [-0.2, -0.15) is 0 Å². The molecule has 2 rings (SSSR count). The van der Waals surface area contributed by atoms with Gasteiger partial charge in [-0.15, -0.1) is 0 Å². The molecule has 104 valence electrons. The monoisotopic (exact) mass is 267 g/mol. The molecule has 2 aromatic rings. The molecule has 20 heavy (non-hydrogen) atoms. The molecular formula is C17H21N3. The fourth-order valence-corrected chi connectivity index (χ4v) is 2.15. The van der Waals surface area contributed by atoms with Crippen molar-refractivity contribution in [1.82, 2.24) is 4.98 Å². The van der Waals surface area contributed by atoms with Crippen molar-refractivity contribution in [2.45, 2.75) is 20.3 Å². The maximum absolute atomic E-state index is 5.91. The zero-order valence-electron chi connectivity index (χ0n) is 12.3. The van der Waals surface area contributed by atoms with E-state index in [-0.39, 0.29) is 0 Å². The lowest BCUT2D eigenvalue weighted by atomic mass is 10.0. The van der Waals surface area contributed by atoms with Crippen molar-refractivity contribution in [1.29, 1.82) is 0 Å². The highest BCUT2D eigenvalue weighted by Crippen LogP contribution is 2.24. The Balaban J connectivity index is 2.38. The van der Waals surface area contributed by atoms with Gasteiger partial charge in [0.25, 0.3) is 0 Å². The molecule has 0 saturated carbocycles. The van der Waals surface area contributed by atoms with Gasteiger partial charge in [0.1, 0.15) is 0 Å². The third kappa shape index (κ3) is 3.25. The molecule has 0 saturated heterocycles. The van der Waals surface area contributed by atoms with E-state index in [0.29, 0.717) is 0 Å². The lowest BCUT2D eigenvalue weighted by Gasteiger charge is -2.17. The summed E-state index contributed by atoms with van der Waals surface area (Å²) in [6.45, 7) is 4.19. The lowest BCUT2D eigenvalue weighted by Crippen LogP contribution is -2.26. The average molecular weight is 267 g/mol. The number of nitrogens with two attached hydrogens (primary N) is 1. The number of benzene rings is 1. The van der Waals surface area contributed by atoms with Crippen molar-refractivity contribution in [2.75, 3.05) is 12.1 Å². The molecule has 1 heterocycles. The van der Waals surface area contributed by atoms with Crippen molar-refractivity contribution in [2.24, 2.45) is 5.84 Å². The summed E-state index contributed by atoms with van der Waals surface area (Å²) in [4.78, 5) is 4.39. The maximum atomic E-state index is 5.91. The van der Waals surface area contributed by atoms with E-state index < -0.39 is 0 Å². The van der Waals surface area contributed by atoms with Crippen molar-refractivity contribution < 1.29 is 0 Å². The average Bonchev–Trinajstić information content (AvgIpc) is 2.46. The predicted molar refractivity (Wildman–Crippen MR) is 86.3 cm³/mol. The summed E-state index contributed by atoms with van der Waals surface area (Å²) in [6.07, 6.45) is 6.97. The van der Waals surface area contributed by atoms with Crippen LogP contribution < -0.4 is 10.9 Å².